The van der Waals surface area contributed by atoms with Crippen LogP contribution in [0.4, 0.5) is 11.5 Å². The Bertz CT molecular complexity index is 1140. The molecule has 4 aromatic rings. The Kier molecular flexibility index (Phi) is 6.32. The minimum atomic E-state index is 0.426. The lowest BCUT2D eigenvalue weighted by Crippen LogP contribution is -2.19. The van der Waals surface area contributed by atoms with E-state index >= 15 is 0 Å². The lowest BCUT2D eigenvalue weighted by atomic mass is 10.2. The molecule has 0 aliphatic rings. The molecule has 0 bridgehead atoms. The summed E-state index contributed by atoms with van der Waals surface area (Å²) in [6, 6.07) is 17.4. The van der Waals surface area contributed by atoms with Crippen LogP contribution in [0, 0.1) is 0 Å². The van der Waals surface area contributed by atoms with Gasteiger partial charge in [-0.2, -0.15) is 10.2 Å². The van der Waals surface area contributed by atoms with Crippen LogP contribution in [0.2, 0.25) is 10.0 Å². The fraction of sp³-hybridized carbons (Fsp3) is 0.0952. The molecule has 0 unspecified atom stereocenters. The van der Waals surface area contributed by atoms with Crippen LogP contribution in [0.15, 0.2) is 73.2 Å². The second kappa shape index (κ2) is 9.30. The van der Waals surface area contributed by atoms with E-state index in [9.17, 15) is 0 Å². The summed E-state index contributed by atoms with van der Waals surface area (Å²) in [5, 5.41) is 16.7. The van der Waals surface area contributed by atoms with Crippen molar-refractivity contribution in [2.24, 2.45) is 0 Å². The first-order valence-electron chi connectivity index (χ1n) is 9.17. The molecule has 2 aromatic heterocycles. The van der Waals surface area contributed by atoms with Crippen LogP contribution in [0.5, 0.6) is 0 Å². The molecule has 152 valence electrons. The average Bonchev–Trinajstić information content (AvgIpc) is 3.35. The third-order valence-electron chi connectivity index (χ3n) is 4.34. The number of hydrogen-bond acceptors (Lipinski definition) is 3. The van der Waals surface area contributed by atoms with Crippen molar-refractivity contribution >= 4 is 52.0 Å². The Balaban J connectivity index is 1.34. The van der Waals surface area contributed by atoms with Crippen molar-refractivity contribution in [3.63, 3.8) is 0 Å². The molecule has 2 aromatic carbocycles. The Labute approximate surface area is 189 Å². The maximum atomic E-state index is 6.23. The second-order valence-corrected chi connectivity index (χ2v) is 7.81. The zero-order valence-corrected chi connectivity index (χ0v) is 18.1. The van der Waals surface area contributed by atoms with Gasteiger partial charge in [-0.3, -0.25) is 9.36 Å². The summed E-state index contributed by atoms with van der Waals surface area (Å²) in [5.74, 6) is 0.618. The van der Waals surface area contributed by atoms with Crippen LogP contribution in [0.1, 0.15) is 11.1 Å². The van der Waals surface area contributed by atoms with Crippen molar-refractivity contribution < 1.29 is 0 Å². The highest BCUT2D eigenvalue weighted by atomic mass is 35.5. The maximum absolute atomic E-state index is 6.23. The number of rotatable bonds is 6. The highest BCUT2D eigenvalue weighted by Crippen LogP contribution is 2.25. The topological polar surface area (TPSA) is 59.7 Å². The van der Waals surface area contributed by atoms with Gasteiger partial charge in [0.15, 0.2) is 10.9 Å². The van der Waals surface area contributed by atoms with E-state index in [0.29, 0.717) is 34.1 Å². The molecule has 6 nitrogen and oxygen atoms in total. The molecule has 0 spiro atoms. The molecule has 9 heteroatoms. The van der Waals surface area contributed by atoms with Crippen molar-refractivity contribution in [1.82, 2.24) is 19.6 Å². The Morgan fingerprint density at radius 1 is 0.900 bits per heavy atom. The zero-order valence-electron chi connectivity index (χ0n) is 15.8. The molecular weight excluding hydrogens is 439 g/mol. The zero-order chi connectivity index (χ0) is 20.9. The quantitative estimate of drug-likeness (QED) is 0.385. The number of thiocarbonyl (C=S) groups is 1. The minimum Gasteiger partial charge on any atom is -0.330 e. The van der Waals surface area contributed by atoms with E-state index in [1.165, 1.54) is 5.56 Å². The van der Waals surface area contributed by atoms with Crippen molar-refractivity contribution in [3.05, 3.63) is 94.4 Å². The SMILES string of the molecule is S=C(Nc1cnn(Cc2ccccc2)c1)Nc1ccn(Cc2c(Cl)cccc2Cl)n1. The molecule has 2 heterocycles. The molecule has 30 heavy (non-hydrogen) atoms. The fourth-order valence-electron chi connectivity index (χ4n) is 2.93. The first-order valence-corrected chi connectivity index (χ1v) is 10.3. The highest BCUT2D eigenvalue weighted by Gasteiger charge is 2.09. The van der Waals surface area contributed by atoms with Gasteiger partial charge in [-0.15, -0.1) is 0 Å². The summed E-state index contributed by atoms with van der Waals surface area (Å²) in [4.78, 5) is 0. The molecule has 0 amide bonds. The molecule has 0 saturated carbocycles. The van der Waals surface area contributed by atoms with Crippen molar-refractivity contribution in [1.29, 1.82) is 0 Å². The predicted molar refractivity (Wildman–Crippen MR) is 125 cm³/mol. The van der Waals surface area contributed by atoms with E-state index < -0.39 is 0 Å². The standard InChI is InChI=1S/C21H18Cl2N6S/c22-18-7-4-8-19(23)17(18)14-28-10-9-20(27-28)26-21(30)25-16-11-24-29(13-16)12-15-5-2-1-3-6-15/h1-11,13H,12,14H2,(H2,25,26,27,30). The normalized spacial score (nSPS) is 10.7. The van der Waals surface area contributed by atoms with Gasteiger partial charge >= 0.3 is 0 Å². The smallest absolute Gasteiger partial charge is 0.176 e. The van der Waals surface area contributed by atoms with Crippen LogP contribution in [0.3, 0.4) is 0 Å². The number of nitrogens with zero attached hydrogens (tertiary/aromatic N) is 4. The van der Waals surface area contributed by atoms with E-state index in [1.807, 2.05) is 59.5 Å². The number of aromatic nitrogens is 4. The monoisotopic (exact) mass is 456 g/mol. The summed E-state index contributed by atoms with van der Waals surface area (Å²) in [5.41, 5.74) is 2.80. The maximum Gasteiger partial charge on any atom is 0.176 e. The first kappa shape index (κ1) is 20.4. The van der Waals surface area contributed by atoms with Crippen LogP contribution >= 0.6 is 35.4 Å². The van der Waals surface area contributed by atoms with Gasteiger partial charge in [-0.1, -0.05) is 59.6 Å². The van der Waals surface area contributed by atoms with Crippen molar-refractivity contribution in [2.45, 2.75) is 13.1 Å². The number of anilines is 2. The first-order chi connectivity index (χ1) is 14.6. The summed E-state index contributed by atoms with van der Waals surface area (Å²) in [7, 11) is 0. The van der Waals surface area contributed by atoms with Crippen molar-refractivity contribution in [2.75, 3.05) is 10.6 Å². The van der Waals surface area contributed by atoms with E-state index in [1.54, 1.807) is 10.9 Å². The Hall–Kier alpha value is -2.87. The highest BCUT2D eigenvalue weighted by molar-refractivity contribution is 7.80. The molecule has 0 aliphatic heterocycles. The van der Waals surface area contributed by atoms with E-state index in [4.69, 9.17) is 35.4 Å². The minimum absolute atomic E-state index is 0.426. The van der Waals surface area contributed by atoms with E-state index in [-0.39, 0.29) is 0 Å². The number of nitrogens with one attached hydrogen (secondary N) is 2. The molecule has 0 aliphatic carbocycles. The van der Waals surface area contributed by atoms with Gasteiger partial charge < -0.3 is 10.6 Å². The molecule has 0 atom stereocenters. The van der Waals surface area contributed by atoms with Gasteiger partial charge in [-0.05, 0) is 29.9 Å². The third kappa shape index (κ3) is 5.18. The van der Waals surface area contributed by atoms with Crippen LogP contribution in [-0.2, 0) is 13.1 Å². The number of halogens is 2. The average molecular weight is 457 g/mol. The number of benzene rings is 2. The van der Waals surface area contributed by atoms with Gasteiger partial charge in [0.05, 0.1) is 25.0 Å². The Morgan fingerprint density at radius 2 is 1.67 bits per heavy atom. The largest absolute Gasteiger partial charge is 0.330 e. The van der Waals surface area contributed by atoms with Gasteiger partial charge in [0, 0.05) is 34.1 Å². The van der Waals surface area contributed by atoms with Gasteiger partial charge in [0.1, 0.15) is 0 Å². The van der Waals surface area contributed by atoms with Gasteiger partial charge in [0.2, 0.25) is 0 Å². The summed E-state index contributed by atoms with van der Waals surface area (Å²) >= 11 is 17.9. The van der Waals surface area contributed by atoms with Gasteiger partial charge in [0.25, 0.3) is 0 Å². The molecule has 0 saturated heterocycles. The predicted octanol–water partition coefficient (Wildman–Crippen LogP) is 5.29. The van der Waals surface area contributed by atoms with Crippen LogP contribution in [0.25, 0.3) is 0 Å². The van der Waals surface area contributed by atoms with Crippen LogP contribution in [-0.4, -0.2) is 24.7 Å². The Morgan fingerprint density at radius 3 is 2.43 bits per heavy atom. The fourth-order valence-corrected chi connectivity index (χ4v) is 3.66. The summed E-state index contributed by atoms with van der Waals surface area (Å²) < 4.78 is 3.60. The molecule has 0 radical (unpaired) electrons. The van der Waals surface area contributed by atoms with Crippen molar-refractivity contribution in [3.8, 4) is 0 Å². The molecule has 0 fully saturated rings. The molecular formula is C21H18Cl2N6S. The summed E-state index contributed by atoms with van der Waals surface area (Å²) in [6.45, 7) is 1.16. The van der Waals surface area contributed by atoms with Crippen LogP contribution < -0.4 is 10.6 Å². The summed E-state index contributed by atoms with van der Waals surface area (Å²) in [6.07, 6.45) is 5.47. The van der Waals surface area contributed by atoms with E-state index in [2.05, 4.69) is 33.0 Å². The third-order valence-corrected chi connectivity index (χ3v) is 5.25. The second-order valence-electron chi connectivity index (χ2n) is 6.59. The number of hydrogen-bond donors (Lipinski definition) is 2. The van der Waals surface area contributed by atoms with Gasteiger partial charge in [-0.25, -0.2) is 0 Å². The molecule has 2 N–H and O–H groups in total. The lowest BCUT2D eigenvalue weighted by molar-refractivity contribution is 0.687. The molecule has 4 rings (SSSR count). The lowest BCUT2D eigenvalue weighted by Gasteiger charge is -2.08. The van der Waals surface area contributed by atoms with E-state index in [0.717, 1.165) is 11.3 Å².